The largest absolute Gasteiger partial charge is 0.335 e. The Labute approximate surface area is 162 Å². The standard InChI is InChI=1S/C20H24N4O2S/c1-11-8-15(13(3)27-11)17-9-16(18-12(2)23-26-19(18)22-17)20(25)24-7-5-4-6-14(24)10-21/h8-9,14H,4-7,10,21H2,1-3H3. The molecule has 1 aliphatic heterocycles. The van der Waals surface area contributed by atoms with E-state index in [0.717, 1.165) is 37.1 Å². The fraction of sp³-hybridized carbons (Fsp3) is 0.450. The lowest BCUT2D eigenvalue weighted by Crippen LogP contribution is -2.47. The number of nitrogens with zero attached hydrogens (tertiary/aromatic N) is 3. The van der Waals surface area contributed by atoms with E-state index in [4.69, 9.17) is 10.3 Å². The Balaban J connectivity index is 1.86. The number of nitrogens with two attached hydrogens (primary N) is 1. The molecule has 1 unspecified atom stereocenters. The molecule has 0 bridgehead atoms. The maximum Gasteiger partial charge on any atom is 0.259 e. The third-order valence-corrected chi connectivity index (χ3v) is 6.29. The van der Waals surface area contributed by atoms with Crippen molar-refractivity contribution in [2.24, 2.45) is 5.73 Å². The Morgan fingerprint density at radius 3 is 2.85 bits per heavy atom. The van der Waals surface area contributed by atoms with Crippen LogP contribution in [-0.2, 0) is 0 Å². The van der Waals surface area contributed by atoms with Crippen molar-refractivity contribution in [2.75, 3.05) is 13.1 Å². The Kier molecular flexibility index (Phi) is 4.74. The number of thiophene rings is 1. The number of fused-ring (bicyclic) bond motifs is 1. The van der Waals surface area contributed by atoms with Gasteiger partial charge in [-0.1, -0.05) is 5.16 Å². The molecule has 0 aliphatic carbocycles. The summed E-state index contributed by atoms with van der Waals surface area (Å²) in [6, 6.07) is 4.09. The molecule has 3 aromatic rings. The number of aromatic nitrogens is 2. The van der Waals surface area contributed by atoms with Gasteiger partial charge in [-0.25, -0.2) is 4.98 Å². The Bertz CT molecular complexity index is 1010. The van der Waals surface area contributed by atoms with Gasteiger partial charge in [0, 0.05) is 34.4 Å². The lowest BCUT2D eigenvalue weighted by Gasteiger charge is -2.35. The minimum atomic E-state index is -0.00490. The van der Waals surface area contributed by atoms with Gasteiger partial charge < -0.3 is 15.2 Å². The van der Waals surface area contributed by atoms with E-state index >= 15 is 0 Å². The van der Waals surface area contributed by atoms with Gasteiger partial charge in [0.15, 0.2) is 0 Å². The van der Waals surface area contributed by atoms with E-state index in [-0.39, 0.29) is 11.9 Å². The molecule has 7 heteroatoms. The molecule has 2 N–H and O–H groups in total. The van der Waals surface area contributed by atoms with Crippen LogP contribution in [0.1, 0.15) is 45.1 Å². The van der Waals surface area contributed by atoms with Crippen molar-refractivity contribution in [1.82, 2.24) is 15.0 Å². The van der Waals surface area contributed by atoms with Crippen LogP contribution in [0.3, 0.4) is 0 Å². The third-order valence-electron chi connectivity index (χ3n) is 5.32. The molecule has 0 aromatic carbocycles. The minimum Gasteiger partial charge on any atom is -0.335 e. The van der Waals surface area contributed by atoms with Crippen molar-refractivity contribution in [3.63, 3.8) is 0 Å². The van der Waals surface area contributed by atoms with Gasteiger partial charge in [-0.15, -0.1) is 11.3 Å². The number of amides is 1. The van der Waals surface area contributed by atoms with Gasteiger partial charge in [0.05, 0.1) is 22.3 Å². The van der Waals surface area contributed by atoms with Crippen molar-refractivity contribution >= 4 is 28.3 Å². The quantitative estimate of drug-likeness (QED) is 0.742. The van der Waals surface area contributed by atoms with Crippen LogP contribution in [0, 0.1) is 20.8 Å². The minimum absolute atomic E-state index is 0.00490. The van der Waals surface area contributed by atoms with Crippen LogP contribution >= 0.6 is 11.3 Å². The monoisotopic (exact) mass is 384 g/mol. The summed E-state index contributed by atoms with van der Waals surface area (Å²) in [5.74, 6) is -0.00490. The van der Waals surface area contributed by atoms with Crippen molar-refractivity contribution in [3.05, 3.63) is 33.1 Å². The molecule has 0 spiro atoms. The number of hydrogen-bond acceptors (Lipinski definition) is 6. The first kappa shape index (κ1) is 18.1. The molecule has 1 atom stereocenters. The first-order chi connectivity index (χ1) is 13.0. The van der Waals surface area contributed by atoms with Crippen molar-refractivity contribution < 1.29 is 9.32 Å². The summed E-state index contributed by atoms with van der Waals surface area (Å²) in [7, 11) is 0. The fourth-order valence-corrected chi connectivity index (χ4v) is 4.89. The van der Waals surface area contributed by atoms with Gasteiger partial charge in [0.25, 0.3) is 11.6 Å². The first-order valence-electron chi connectivity index (χ1n) is 9.35. The lowest BCUT2D eigenvalue weighted by molar-refractivity contribution is 0.0625. The summed E-state index contributed by atoms with van der Waals surface area (Å²) in [6.45, 7) is 7.21. The highest BCUT2D eigenvalue weighted by Crippen LogP contribution is 2.33. The van der Waals surface area contributed by atoms with Gasteiger partial charge in [-0.3, -0.25) is 4.79 Å². The maximum atomic E-state index is 13.5. The Morgan fingerprint density at radius 2 is 2.15 bits per heavy atom. The smallest absolute Gasteiger partial charge is 0.259 e. The van der Waals surface area contributed by atoms with Crippen LogP contribution in [0.15, 0.2) is 16.7 Å². The predicted octanol–water partition coefficient (Wildman–Crippen LogP) is 3.83. The molecule has 6 nitrogen and oxygen atoms in total. The Morgan fingerprint density at radius 1 is 1.33 bits per heavy atom. The zero-order chi connectivity index (χ0) is 19.1. The molecule has 4 rings (SSSR count). The predicted molar refractivity (Wildman–Crippen MR) is 107 cm³/mol. The van der Waals surface area contributed by atoms with Crippen molar-refractivity contribution in [3.8, 4) is 11.3 Å². The molecule has 3 aromatic heterocycles. The molecule has 1 saturated heterocycles. The fourth-order valence-electron chi connectivity index (χ4n) is 3.95. The van der Waals surface area contributed by atoms with E-state index in [1.165, 1.54) is 9.75 Å². The van der Waals surface area contributed by atoms with Crippen LogP contribution < -0.4 is 5.73 Å². The summed E-state index contributed by atoms with van der Waals surface area (Å²) in [5.41, 5.74) is 9.44. The second-order valence-corrected chi connectivity index (χ2v) is 8.67. The molecule has 0 radical (unpaired) electrons. The number of rotatable bonds is 3. The SMILES string of the molecule is Cc1cc(-c2cc(C(=O)N3CCCCC3CN)c3c(C)noc3n2)c(C)s1. The lowest BCUT2D eigenvalue weighted by atomic mass is 9.99. The average molecular weight is 385 g/mol. The van der Waals surface area contributed by atoms with Crippen molar-refractivity contribution in [1.29, 1.82) is 0 Å². The van der Waals surface area contributed by atoms with Crippen LogP contribution in [0.2, 0.25) is 0 Å². The zero-order valence-electron chi connectivity index (χ0n) is 15.9. The number of piperidine rings is 1. The second-order valence-electron chi connectivity index (χ2n) is 7.21. The number of hydrogen-bond donors (Lipinski definition) is 1. The van der Waals surface area contributed by atoms with Crippen molar-refractivity contribution in [2.45, 2.75) is 46.1 Å². The van der Waals surface area contributed by atoms with E-state index in [0.29, 0.717) is 28.9 Å². The molecular weight excluding hydrogens is 360 g/mol. The number of aryl methyl sites for hydroxylation is 3. The molecule has 27 heavy (non-hydrogen) atoms. The molecule has 142 valence electrons. The maximum absolute atomic E-state index is 13.5. The van der Waals surface area contributed by atoms with E-state index in [1.807, 2.05) is 17.9 Å². The first-order valence-corrected chi connectivity index (χ1v) is 10.2. The molecule has 1 amide bonds. The topological polar surface area (TPSA) is 85.2 Å². The van der Waals surface area contributed by atoms with Gasteiger partial charge >= 0.3 is 0 Å². The molecular formula is C20H24N4O2S. The molecule has 1 aliphatic rings. The van der Waals surface area contributed by atoms with Gasteiger partial charge in [0.1, 0.15) is 0 Å². The summed E-state index contributed by atoms with van der Waals surface area (Å²) in [4.78, 5) is 22.4. The van der Waals surface area contributed by atoms with Crippen LogP contribution in [0.5, 0.6) is 0 Å². The Hall–Kier alpha value is -2.25. The molecule has 1 fully saturated rings. The van der Waals surface area contributed by atoms with Gasteiger partial charge in [-0.2, -0.15) is 0 Å². The van der Waals surface area contributed by atoms with E-state index in [2.05, 4.69) is 30.1 Å². The second kappa shape index (κ2) is 7.05. The number of carbonyl (C=O) groups is 1. The van der Waals surface area contributed by atoms with E-state index < -0.39 is 0 Å². The van der Waals surface area contributed by atoms with E-state index in [9.17, 15) is 4.79 Å². The normalized spacial score (nSPS) is 17.6. The number of likely N-dealkylation sites (tertiary alicyclic amines) is 1. The summed E-state index contributed by atoms with van der Waals surface area (Å²) in [5, 5.41) is 4.76. The zero-order valence-corrected chi connectivity index (χ0v) is 16.7. The van der Waals surface area contributed by atoms with E-state index in [1.54, 1.807) is 11.3 Å². The van der Waals surface area contributed by atoms with Gasteiger partial charge in [0.2, 0.25) is 0 Å². The summed E-state index contributed by atoms with van der Waals surface area (Å²) >= 11 is 1.72. The number of carbonyl (C=O) groups excluding carboxylic acids is 1. The van der Waals surface area contributed by atoms with Crippen LogP contribution in [0.25, 0.3) is 22.4 Å². The third kappa shape index (κ3) is 3.15. The summed E-state index contributed by atoms with van der Waals surface area (Å²) in [6.07, 6.45) is 3.08. The summed E-state index contributed by atoms with van der Waals surface area (Å²) < 4.78 is 5.44. The highest BCUT2D eigenvalue weighted by Gasteiger charge is 2.29. The number of pyridine rings is 1. The van der Waals surface area contributed by atoms with Crippen LogP contribution in [-0.4, -0.2) is 40.1 Å². The van der Waals surface area contributed by atoms with Gasteiger partial charge in [-0.05, 0) is 52.2 Å². The van der Waals surface area contributed by atoms with Crippen LogP contribution in [0.4, 0.5) is 0 Å². The highest BCUT2D eigenvalue weighted by atomic mass is 32.1. The average Bonchev–Trinajstić information content (AvgIpc) is 3.22. The highest BCUT2D eigenvalue weighted by molar-refractivity contribution is 7.12. The molecule has 4 heterocycles. The molecule has 0 saturated carbocycles.